The Kier molecular flexibility index (Phi) is 4.56. The fourth-order valence-electron chi connectivity index (χ4n) is 4.01. The number of fused-ring (bicyclic) bond motifs is 4. The Hall–Kier alpha value is -2.77. The predicted octanol–water partition coefficient (Wildman–Crippen LogP) is 4.25. The van der Waals surface area contributed by atoms with Gasteiger partial charge >= 0.3 is 0 Å². The molecule has 0 radical (unpaired) electrons. The van der Waals surface area contributed by atoms with Crippen LogP contribution in [0.1, 0.15) is 12.0 Å². The Morgan fingerprint density at radius 3 is 2.72 bits per heavy atom. The quantitative estimate of drug-likeness (QED) is 0.604. The third kappa shape index (κ3) is 3.10. The number of anilines is 1. The SMILES string of the molecule is O=C1CSC2(CCOc3ccc4ccccc4c32)N1NC(=S)Nc1ccccc1. The summed E-state index contributed by atoms with van der Waals surface area (Å²) in [6.45, 7) is 0.544. The van der Waals surface area contributed by atoms with E-state index < -0.39 is 4.87 Å². The molecule has 146 valence electrons. The van der Waals surface area contributed by atoms with E-state index in [4.69, 9.17) is 17.0 Å². The first-order valence-electron chi connectivity index (χ1n) is 9.42. The lowest BCUT2D eigenvalue weighted by atomic mass is 9.93. The summed E-state index contributed by atoms with van der Waals surface area (Å²) in [7, 11) is 0. The number of hydrogen-bond acceptors (Lipinski definition) is 4. The summed E-state index contributed by atoms with van der Waals surface area (Å²) in [6, 6.07) is 22.0. The first-order valence-corrected chi connectivity index (χ1v) is 10.8. The third-order valence-corrected chi connectivity index (χ3v) is 6.92. The molecule has 1 spiro atoms. The maximum absolute atomic E-state index is 12.9. The van der Waals surface area contributed by atoms with Crippen molar-refractivity contribution in [3.05, 3.63) is 72.3 Å². The lowest BCUT2D eigenvalue weighted by molar-refractivity contribution is -0.133. The number of hydrazine groups is 1. The van der Waals surface area contributed by atoms with Crippen LogP contribution in [0.4, 0.5) is 5.69 Å². The van der Waals surface area contributed by atoms with Crippen molar-refractivity contribution < 1.29 is 9.53 Å². The molecule has 7 heteroatoms. The summed E-state index contributed by atoms with van der Waals surface area (Å²) in [5, 5.41) is 7.47. The van der Waals surface area contributed by atoms with Crippen molar-refractivity contribution in [1.82, 2.24) is 10.4 Å². The highest BCUT2D eigenvalue weighted by molar-refractivity contribution is 8.01. The van der Waals surface area contributed by atoms with Crippen LogP contribution >= 0.6 is 24.0 Å². The summed E-state index contributed by atoms with van der Waals surface area (Å²) in [6.07, 6.45) is 0.686. The zero-order valence-electron chi connectivity index (χ0n) is 15.6. The van der Waals surface area contributed by atoms with Crippen molar-refractivity contribution in [1.29, 1.82) is 0 Å². The number of thiocarbonyl (C=S) groups is 1. The molecule has 0 aromatic heterocycles. The second kappa shape index (κ2) is 7.24. The van der Waals surface area contributed by atoms with Gasteiger partial charge in [0.1, 0.15) is 10.6 Å². The van der Waals surface area contributed by atoms with Crippen LogP contribution in [0, 0.1) is 0 Å². The number of rotatable bonds is 2. The van der Waals surface area contributed by atoms with E-state index in [1.54, 1.807) is 16.8 Å². The monoisotopic (exact) mass is 421 g/mol. The minimum atomic E-state index is -0.562. The number of benzene rings is 3. The van der Waals surface area contributed by atoms with Crippen LogP contribution < -0.4 is 15.5 Å². The number of ether oxygens (including phenoxy) is 1. The van der Waals surface area contributed by atoms with E-state index in [-0.39, 0.29) is 5.91 Å². The Bertz CT molecular complexity index is 1110. The fourth-order valence-corrected chi connectivity index (χ4v) is 5.57. The van der Waals surface area contributed by atoms with Crippen LogP contribution in [0.2, 0.25) is 0 Å². The number of amides is 1. The van der Waals surface area contributed by atoms with E-state index in [2.05, 4.69) is 28.9 Å². The van der Waals surface area contributed by atoms with Gasteiger partial charge in [0, 0.05) is 17.7 Å². The van der Waals surface area contributed by atoms with Crippen molar-refractivity contribution in [2.24, 2.45) is 0 Å². The molecule has 1 atom stereocenters. The smallest absolute Gasteiger partial charge is 0.252 e. The lowest BCUT2D eigenvalue weighted by Gasteiger charge is -2.42. The predicted molar refractivity (Wildman–Crippen MR) is 121 cm³/mol. The number of nitrogens with one attached hydrogen (secondary N) is 2. The molecule has 2 aliphatic heterocycles. The van der Waals surface area contributed by atoms with Gasteiger partial charge in [0.05, 0.1) is 12.4 Å². The van der Waals surface area contributed by atoms with Gasteiger partial charge < -0.3 is 10.1 Å². The number of carbonyl (C=O) groups is 1. The highest BCUT2D eigenvalue weighted by Gasteiger charge is 2.52. The van der Waals surface area contributed by atoms with E-state index in [0.29, 0.717) is 23.9 Å². The third-order valence-electron chi connectivity index (χ3n) is 5.27. The van der Waals surface area contributed by atoms with E-state index >= 15 is 0 Å². The van der Waals surface area contributed by atoms with Crippen LogP contribution in [-0.4, -0.2) is 28.4 Å². The van der Waals surface area contributed by atoms with Crippen molar-refractivity contribution in [3.63, 3.8) is 0 Å². The number of para-hydroxylation sites is 1. The first-order chi connectivity index (χ1) is 14.2. The van der Waals surface area contributed by atoms with E-state index in [0.717, 1.165) is 27.8 Å². The molecule has 1 saturated heterocycles. The molecular formula is C22H19N3O2S2. The summed E-state index contributed by atoms with van der Waals surface area (Å²) >= 11 is 7.15. The van der Waals surface area contributed by atoms with Crippen LogP contribution in [0.5, 0.6) is 5.75 Å². The van der Waals surface area contributed by atoms with Gasteiger partial charge in [0.15, 0.2) is 5.11 Å². The average Bonchev–Trinajstić information content (AvgIpc) is 3.04. The average molecular weight is 422 g/mol. The largest absolute Gasteiger partial charge is 0.493 e. The maximum Gasteiger partial charge on any atom is 0.252 e. The van der Waals surface area contributed by atoms with Crippen LogP contribution in [0.15, 0.2) is 66.7 Å². The molecule has 5 nitrogen and oxygen atoms in total. The second-order valence-corrected chi connectivity index (χ2v) is 8.65. The molecule has 2 aliphatic rings. The molecule has 3 aromatic rings. The molecule has 29 heavy (non-hydrogen) atoms. The summed E-state index contributed by atoms with van der Waals surface area (Å²) in [5.41, 5.74) is 5.08. The highest BCUT2D eigenvalue weighted by Crippen LogP contribution is 2.54. The molecular weight excluding hydrogens is 402 g/mol. The minimum Gasteiger partial charge on any atom is -0.493 e. The van der Waals surface area contributed by atoms with Crippen molar-refractivity contribution >= 4 is 51.5 Å². The Morgan fingerprint density at radius 1 is 1.07 bits per heavy atom. The topological polar surface area (TPSA) is 53.6 Å². The van der Waals surface area contributed by atoms with Gasteiger partial charge in [0.25, 0.3) is 5.91 Å². The molecule has 0 bridgehead atoms. The number of hydrogen-bond donors (Lipinski definition) is 2. The molecule has 1 fully saturated rings. The summed E-state index contributed by atoms with van der Waals surface area (Å²) < 4.78 is 5.97. The molecule has 0 saturated carbocycles. The van der Waals surface area contributed by atoms with Crippen molar-refractivity contribution in [2.75, 3.05) is 17.7 Å². The Labute approximate surface area is 178 Å². The number of carbonyl (C=O) groups excluding carboxylic acids is 1. The number of nitrogens with zero attached hydrogens (tertiary/aromatic N) is 1. The Balaban J connectivity index is 1.54. The summed E-state index contributed by atoms with van der Waals surface area (Å²) in [5.74, 6) is 1.22. The highest BCUT2D eigenvalue weighted by atomic mass is 32.2. The fraction of sp³-hybridized carbons (Fsp3) is 0.182. The van der Waals surface area contributed by atoms with Gasteiger partial charge in [-0.05, 0) is 41.2 Å². The standard InChI is InChI=1S/C22H19N3O2S2/c26-19-14-29-22(25(19)24-21(28)23-16-7-2-1-3-8-16)12-13-27-18-11-10-15-6-4-5-9-17(15)20(18)22/h1-11H,12-14H2,(H2,23,24,28). The van der Waals surface area contributed by atoms with Gasteiger partial charge in [-0.15, -0.1) is 11.8 Å². The van der Waals surface area contributed by atoms with Crippen LogP contribution in [0.3, 0.4) is 0 Å². The second-order valence-electron chi connectivity index (χ2n) is 6.99. The van der Waals surface area contributed by atoms with Crippen molar-refractivity contribution in [2.45, 2.75) is 11.3 Å². The molecule has 2 heterocycles. The molecule has 2 N–H and O–H groups in total. The van der Waals surface area contributed by atoms with E-state index in [1.807, 2.05) is 48.5 Å². The molecule has 0 aliphatic carbocycles. The van der Waals surface area contributed by atoms with Gasteiger partial charge in [-0.25, -0.2) is 5.01 Å². The molecule has 1 amide bonds. The van der Waals surface area contributed by atoms with E-state index in [1.165, 1.54) is 0 Å². The zero-order chi connectivity index (χ0) is 19.8. The van der Waals surface area contributed by atoms with Crippen LogP contribution in [0.25, 0.3) is 10.8 Å². The molecule has 1 unspecified atom stereocenters. The van der Waals surface area contributed by atoms with E-state index in [9.17, 15) is 4.79 Å². The van der Waals surface area contributed by atoms with Gasteiger partial charge in [-0.2, -0.15) is 0 Å². The first kappa shape index (κ1) is 18.3. The van der Waals surface area contributed by atoms with Crippen molar-refractivity contribution in [3.8, 4) is 5.75 Å². The summed E-state index contributed by atoms with van der Waals surface area (Å²) in [4.78, 5) is 12.3. The zero-order valence-corrected chi connectivity index (χ0v) is 17.2. The molecule has 3 aromatic carbocycles. The maximum atomic E-state index is 12.9. The van der Waals surface area contributed by atoms with Gasteiger partial charge in [-0.3, -0.25) is 10.2 Å². The lowest BCUT2D eigenvalue weighted by Crippen LogP contribution is -2.55. The Morgan fingerprint density at radius 2 is 1.86 bits per heavy atom. The number of thioether (sulfide) groups is 1. The molecule has 5 rings (SSSR count). The minimum absolute atomic E-state index is 0.00740. The van der Waals surface area contributed by atoms with Crippen LogP contribution in [-0.2, 0) is 9.67 Å². The van der Waals surface area contributed by atoms with Gasteiger partial charge in [-0.1, -0.05) is 48.5 Å². The normalized spacial score (nSPS) is 20.4. The van der Waals surface area contributed by atoms with Gasteiger partial charge in [0.2, 0.25) is 0 Å².